The molecule has 4 bridgehead atoms. The largest absolute Gasteiger partial charge is 0.495 e. The molecule has 0 radical (unpaired) electrons. The molecule has 2 saturated heterocycles. The molecule has 14 heteroatoms. The Morgan fingerprint density at radius 1 is 1.22 bits per heavy atom. The number of alkyl carbamates (subject to hydrolysis) is 1. The topological polar surface area (TPSA) is 136 Å². The van der Waals surface area contributed by atoms with Crippen molar-refractivity contribution in [2.75, 3.05) is 38.2 Å². The third-order valence-electron chi connectivity index (χ3n) is 9.45. The Morgan fingerprint density at radius 2 is 1.98 bits per heavy atom. The number of epoxide rings is 1. The molecule has 2 N–H and O–H groups in total. The van der Waals surface area contributed by atoms with E-state index in [9.17, 15) is 19.5 Å². The van der Waals surface area contributed by atoms with Gasteiger partial charge in [-0.05, 0) is 57.1 Å². The molecule has 49 heavy (non-hydrogen) atoms. The molecule has 7 atom stereocenters. The summed E-state index contributed by atoms with van der Waals surface area (Å²) in [4.78, 5) is 41.4. The standard InChI is InChI=1S/C35H49ClN2O9S2/c1-21-12-11-13-27(44-6)35(42)20-26(45-33(41)37-35)22(2)32-34(3,47-32)28(46-30(40)14-9-8-10-15-49-48-7)19-29(39)38(4)24-17-23(16-21)18-25(43-5)31(24)36/h11-13,17-18,22,26-28,32,42H,8-10,14-16,19-20H2,1-7H3,(H,37,41)/b13-11+,21-12+. The molecule has 2 amide bonds. The molecule has 0 aliphatic carbocycles. The number of rotatable bonds is 10. The second kappa shape index (κ2) is 17.2. The maximum atomic E-state index is 14.0. The number of aliphatic hydroxyl groups is 1. The molecule has 272 valence electrons. The number of halogens is 1. The van der Waals surface area contributed by atoms with Crippen molar-refractivity contribution >= 4 is 56.8 Å². The van der Waals surface area contributed by atoms with Gasteiger partial charge < -0.3 is 33.7 Å². The van der Waals surface area contributed by atoms with Crippen LogP contribution in [0.25, 0.3) is 0 Å². The van der Waals surface area contributed by atoms with Crippen LogP contribution in [0.3, 0.4) is 0 Å². The fourth-order valence-corrected chi connectivity index (χ4v) is 8.17. The molecule has 3 aliphatic heterocycles. The van der Waals surface area contributed by atoms with Crippen LogP contribution in [0.4, 0.5) is 10.5 Å². The van der Waals surface area contributed by atoms with E-state index in [0.29, 0.717) is 24.3 Å². The summed E-state index contributed by atoms with van der Waals surface area (Å²) in [6.07, 6.45) is 6.50. The third-order valence-corrected chi connectivity index (χ3v) is 11.7. The van der Waals surface area contributed by atoms with Crippen molar-refractivity contribution in [1.82, 2.24) is 5.32 Å². The number of carbonyl (C=O) groups is 3. The van der Waals surface area contributed by atoms with E-state index in [1.807, 2.05) is 38.3 Å². The molecule has 3 aliphatic rings. The highest BCUT2D eigenvalue weighted by Gasteiger charge is 2.64. The summed E-state index contributed by atoms with van der Waals surface area (Å²) in [7, 11) is 8.10. The van der Waals surface area contributed by atoms with Crippen molar-refractivity contribution in [3.05, 3.63) is 46.5 Å². The van der Waals surface area contributed by atoms with Gasteiger partial charge >= 0.3 is 12.1 Å². The van der Waals surface area contributed by atoms with Crippen LogP contribution in [0.2, 0.25) is 5.02 Å². The monoisotopic (exact) mass is 740 g/mol. The Balaban J connectivity index is 1.70. The van der Waals surface area contributed by atoms with Gasteiger partial charge in [-0.2, -0.15) is 0 Å². The van der Waals surface area contributed by atoms with Gasteiger partial charge in [0.15, 0.2) is 5.72 Å². The number of hydrogen-bond acceptors (Lipinski definition) is 11. The van der Waals surface area contributed by atoms with Crippen molar-refractivity contribution in [2.24, 2.45) is 5.92 Å². The molecule has 0 aromatic heterocycles. The first-order chi connectivity index (χ1) is 23.3. The Hall–Kier alpha value is -2.42. The van der Waals surface area contributed by atoms with Crippen LogP contribution >= 0.6 is 33.2 Å². The number of unbranched alkanes of at least 4 members (excludes halogenated alkanes) is 2. The van der Waals surface area contributed by atoms with E-state index in [-0.39, 0.29) is 30.2 Å². The lowest BCUT2D eigenvalue weighted by Crippen LogP contribution is -2.63. The highest BCUT2D eigenvalue weighted by atomic mass is 35.5. The average Bonchev–Trinajstić information content (AvgIpc) is 3.75. The van der Waals surface area contributed by atoms with Crippen LogP contribution in [0, 0.1) is 5.92 Å². The number of benzene rings is 1. The normalized spacial score (nSPS) is 32.2. The summed E-state index contributed by atoms with van der Waals surface area (Å²) in [5.41, 5.74) is -0.572. The number of ether oxygens (including phenoxy) is 5. The van der Waals surface area contributed by atoms with E-state index < -0.39 is 53.7 Å². The van der Waals surface area contributed by atoms with Gasteiger partial charge in [0, 0.05) is 38.7 Å². The van der Waals surface area contributed by atoms with E-state index in [2.05, 4.69) is 5.32 Å². The number of esters is 1. The predicted molar refractivity (Wildman–Crippen MR) is 193 cm³/mol. The van der Waals surface area contributed by atoms with E-state index in [1.54, 1.807) is 47.7 Å². The molecule has 1 aromatic rings. The molecule has 4 rings (SSSR count). The van der Waals surface area contributed by atoms with Gasteiger partial charge in [-0.25, -0.2) is 4.79 Å². The summed E-state index contributed by atoms with van der Waals surface area (Å²) in [6, 6.07) is 3.66. The number of anilines is 1. The van der Waals surface area contributed by atoms with Crippen LogP contribution in [-0.2, 0) is 35.0 Å². The Morgan fingerprint density at radius 3 is 2.67 bits per heavy atom. The first-order valence-electron chi connectivity index (χ1n) is 16.5. The van der Waals surface area contributed by atoms with Crippen LogP contribution in [0.5, 0.6) is 5.75 Å². The van der Waals surface area contributed by atoms with Crippen molar-refractivity contribution in [1.29, 1.82) is 0 Å². The third kappa shape index (κ3) is 9.68. The van der Waals surface area contributed by atoms with Crippen LogP contribution in [0.15, 0.2) is 35.9 Å². The van der Waals surface area contributed by atoms with E-state index >= 15 is 0 Å². The summed E-state index contributed by atoms with van der Waals surface area (Å²) in [5, 5.41) is 14.5. The molecular formula is C35H49ClN2O9S2. The number of nitrogens with one attached hydrogen (secondary N) is 1. The van der Waals surface area contributed by atoms with Gasteiger partial charge in [0.05, 0.1) is 25.3 Å². The lowest BCUT2D eigenvalue weighted by molar-refractivity contribution is -0.154. The minimum Gasteiger partial charge on any atom is -0.495 e. The number of fused-ring (bicyclic) bond motifs is 5. The summed E-state index contributed by atoms with van der Waals surface area (Å²) in [5.74, 6) is 0.230. The Kier molecular flexibility index (Phi) is 13.8. The zero-order valence-corrected chi connectivity index (χ0v) is 31.7. The average molecular weight is 741 g/mol. The Labute approximate surface area is 302 Å². The summed E-state index contributed by atoms with van der Waals surface area (Å²) < 4.78 is 29.1. The highest BCUT2D eigenvalue weighted by molar-refractivity contribution is 8.76. The smallest absolute Gasteiger partial charge is 0.409 e. The number of allylic oxidation sites excluding steroid dienone is 3. The minimum absolute atomic E-state index is 0.00641. The van der Waals surface area contributed by atoms with Gasteiger partial charge in [-0.15, -0.1) is 0 Å². The first kappa shape index (κ1) is 39.4. The van der Waals surface area contributed by atoms with Gasteiger partial charge in [0.25, 0.3) is 0 Å². The molecule has 2 fully saturated rings. The van der Waals surface area contributed by atoms with Gasteiger partial charge in [-0.1, -0.05) is 70.3 Å². The molecule has 0 saturated carbocycles. The van der Waals surface area contributed by atoms with Gasteiger partial charge in [0.1, 0.15) is 34.7 Å². The van der Waals surface area contributed by atoms with Crippen LogP contribution in [-0.4, -0.2) is 92.1 Å². The number of carbonyl (C=O) groups excluding carboxylic acids is 3. The number of nitrogens with zero attached hydrogens (tertiary/aromatic N) is 1. The lowest BCUT2D eigenvalue weighted by atomic mass is 9.83. The zero-order valence-electron chi connectivity index (χ0n) is 29.3. The van der Waals surface area contributed by atoms with E-state index in [0.717, 1.165) is 29.7 Å². The maximum Gasteiger partial charge on any atom is 0.409 e. The number of amides is 2. The molecule has 0 spiro atoms. The van der Waals surface area contributed by atoms with Gasteiger partial charge in [-0.3, -0.25) is 14.9 Å². The van der Waals surface area contributed by atoms with Crippen molar-refractivity contribution < 1.29 is 43.2 Å². The Bertz CT molecular complexity index is 1430. The second-order valence-corrected chi connectivity index (χ2v) is 16.1. The van der Waals surface area contributed by atoms with Gasteiger partial charge in [0.2, 0.25) is 5.91 Å². The number of methoxy groups -OCH3 is 2. The molecular weight excluding hydrogens is 692 g/mol. The van der Waals surface area contributed by atoms with Crippen LogP contribution in [0.1, 0.15) is 64.9 Å². The highest BCUT2D eigenvalue weighted by Crippen LogP contribution is 2.49. The predicted octanol–water partition coefficient (Wildman–Crippen LogP) is 6.24. The fourth-order valence-electron chi connectivity index (χ4n) is 6.51. The van der Waals surface area contributed by atoms with E-state index in [4.69, 9.17) is 35.3 Å². The SMILES string of the molecule is COc1cc2cc(c1Cl)N(C)C(=O)CC(OC(=O)CCCCCSSC)C1(C)OC1C(C)C1CC(O)(NC(=O)O1)C(OC)/C=C/C=C(\C)C2. The second-order valence-electron chi connectivity index (χ2n) is 13.1. The summed E-state index contributed by atoms with van der Waals surface area (Å²) in [6.45, 7) is 5.59. The fraction of sp³-hybridized carbons (Fsp3) is 0.629. The van der Waals surface area contributed by atoms with Crippen molar-refractivity contribution in [3.63, 3.8) is 0 Å². The summed E-state index contributed by atoms with van der Waals surface area (Å²) >= 11 is 6.74. The minimum atomic E-state index is -1.77. The molecule has 11 nitrogen and oxygen atoms in total. The maximum absolute atomic E-state index is 14.0. The van der Waals surface area contributed by atoms with E-state index in [1.165, 1.54) is 19.1 Å². The number of hydrogen-bond donors (Lipinski definition) is 2. The van der Waals surface area contributed by atoms with Crippen molar-refractivity contribution in [3.8, 4) is 5.75 Å². The van der Waals surface area contributed by atoms with Crippen LogP contribution < -0.4 is 15.0 Å². The lowest BCUT2D eigenvalue weighted by Gasteiger charge is -2.42. The molecule has 7 unspecified atom stereocenters. The van der Waals surface area contributed by atoms with Crippen molar-refractivity contribution in [2.45, 2.75) is 101 Å². The quantitative estimate of drug-likeness (QED) is 0.122. The molecule has 3 heterocycles. The zero-order chi connectivity index (χ0) is 35.9. The molecule has 1 aromatic carbocycles. The first-order valence-corrected chi connectivity index (χ1v) is 19.6.